The Morgan fingerprint density at radius 1 is 0.810 bits per heavy atom. The van der Waals surface area contributed by atoms with Crippen molar-refractivity contribution in [3.63, 3.8) is 0 Å². The second kappa shape index (κ2) is 6.53. The Balaban J connectivity index is 2.15. The van der Waals surface area contributed by atoms with Gasteiger partial charge in [-0.25, -0.2) is 0 Å². The van der Waals surface area contributed by atoms with Gasteiger partial charge in [0.1, 0.15) is 0 Å². The van der Waals surface area contributed by atoms with Crippen molar-refractivity contribution in [3.05, 3.63) is 52.6 Å². The number of ether oxygens (including phenoxy) is 2. The lowest BCUT2D eigenvalue weighted by molar-refractivity contribution is 0.355. The van der Waals surface area contributed by atoms with Gasteiger partial charge >= 0.3 is 0 Å². The number of rotatable bonds is 5. The summed E-state index contributed by atoms with van der Waals surface area (Å²) in [4.78, 5) is 0. The Kier molecular flexibility index (Phi) is 4.73. The number of methoxy groups -OCH3 is 2. The molecule has 0 aliphatic heterocycles. The summed E-state index contributed by atoms with van der Waals surface area (Å²) < 4.78 is 10.6. The van der Waals surface area contributed by atoms with Crippen LogP contribution in [0, 0.1) is 20.8 Å². The molecule has 0 bridgehead atoms. The van der Waals surface area contributed by atoms with Gasteiger partial charge in [-0.15, -0.1) is 0 Å². The van der Waals surface area contributed by atoms with Crippen LogP contribution in [0.4, 0.5) is 5.69 Å². The molecule has 0 amide bonds. The molecule has 112 valence electrons. The Labute approximate surface area is 126 Å². The molecule has 0 unspecified atom stereocenters. The lowest BCUT2D eigenvalue weighted by Gasteiger charge is -2.13. The smallest absolute Gasteiger partial charge is 0.162 e. The van der Waals surface area contributed by atoms with E-state index in [9.17, 15) is 0 Å². The molecule has 1 N–H and O–H groups in total. The second-order valence-corrected chi connectivity index (χ2v) is 5.29. The van der Waals surface area contributed by atoms with Gasteiger partial charge in [-0.3, -0.25) is 0 Å². The van der Waals surface area contributed by atoms with Gasteiger partial charge in [0.15, 0.2) is 11.5 Å². The van der Waals surface area contributed by atoms with Crippen molar-refractivity contribution >= 4 is 5.69 Å². The van der Waals surface area contributed by atoms with E-state index in [0.29, 0.717) is 0 Å². The molecular weight excluding hydrogens is 262 g/mol. The third-order valence-corrected chi connectivity index (χ3v) is 3.82. The van der Waals surface area contributed by atoms with Crippen molar-refractivity contribution in [2.24, 2.45) is 0 Å². The Morgan fingerprint density at radius 2 is 1.48 bits per heavy atom. The first-order valence-corrected chi connectivity index (χ1v) is 7.07. The summed E-state index contributed by atoms with van der Waals surface area (Å²) in [5, 5.41) is 3.44. The summed E-state index contributed by atoms with van der Waals surface area (Å²) in [5.41, 5.74) is 6.30. The van der Waals surface area contributed by atoms with Gasteiger partial charge in [-0.05, 0) is 55.2 Å². The van der Waals surface area contributed by atoms with Crippen molar-refractivity contribution in [2.75, 3.05) is 19.5 Å². The van der Waals surface area contributed by atoms with Crippen molar-refractivity contribution in [2.45, 2.75) is 27.3 Å². The first-order chi connectivity index (χ1) is 10.0. The molecule has 0 fully saturated rings. The predicted octanol–water partition coefficient (Wildman–Crippen LogP) is 4.24. The van der Waals surface area contributed by atoms with Gasteiger partial charge < -0.3 is 14.8 Å². The van der Waals surface area contributed by atoms with Crippen LogP contribution in [-0.2, 0) is 6.54 Å². The summed E-state index contributed by atoms with van der Waals surface area (Å²) in [6, 6.07) is 10.3. The zero-order valence-corrected chi connectivity index (χ0v) is 13.4. The fraction of sp³-hybridized carbons (Fsp3) is 0.333. The van der Waals surface area contributed by atoms with Gasteiger partial charge in [-0.1, -0.05) is 12.1 Å². The summed E-state index contributed by atoms with van der Waals surface area (Å²) >= 11 is 0. The van der Waals surface area contributed by atoms with E-state index in [1.807, 2.05) is 18.2 Å². The molecule has 0 heterocycles. The van der Waals surface area contributed by atoms with Gasteiger partial charge in [-0.2, -0.15) is 0 Å². The van der Waals surface area contributed by atoms with Crippen LogP contribution in [0.5, 0.6) is 11.5 Å². The second-order valence-electron chi connectivity index (χ2n) is 5.29. The van der Waals surface area contributed by atoms with E-state index < -0.39 is 0 Å². The third-order valence-electron chi connectivity index (χ3n) is 3.82. The third kappa shape index (κ3) is 3.48. The SMILES string of the molecule is COc1ccc(NCc2cc(C)c(C)cc2C)cc1OC. The minimum Gasteiger partial charge on any atom is -0.493 e. The standard InChI is InChI=1S/C18H23NO2/c1-12-8-14(3)15(9-13(12)2)11-19-16-6-7-17(20-4)18(10-16)21-5/h6-10,19H,11H2,1-5H3. The molecule has 0 spiro atoms. The van der Waals surface area contributed by atoms with E-state index in [4.69, 9.17) is 9.47 Å². The van der Waals surface area contributed by atoms with E-state index in [1.165, 1.54) is 22.3 Å². The van der Waals surface area contributed by atoms with E-state index >= 15 is 0 Å². The van der Waals surface area contributed by atoms with Crippen LogP contribution in [0.25, 0.3) is 0 Å². The van der Waals surface area contributed by atoms with E-state index in [2.05, 4.69) is 38.2 Å². The quantitative estimate of drug-likeness (QED) is 0.891. The van der Waals surface area contributed by atoms with Crippen LogP contribution in [0.3, 0.4) is 0 Å². The molecule has 0 saturated carbocycles. The highest BCUT2D eigenvalue weighted by atomic mass is 16.5. The highest BCUT2D eigenvalue weighted by Gasteiger charge is 2.06. The number of anilines is 1. The molecule has 21 heavy (non-hydrogen) atoms. The van der Waals surface area contributed by atoms with Crippen molar-refractivity contribution in [3.8, 4) is 11.5 Å². The minimum absolute atomic E-state index is 0.735. The monoisotopic (exact) mass is 285 g/mol. The van der Waals surface area contributed by atoms with Gasteiger partial charge in [0.2, 0.25) is 0 Å². The molecule has 3 heteroatoms. The Bertz CT molecular complexity index is 635. The fourth-order valence-corrected chi connectivity index (χ4v) is 2.35. The predicted molar refractivity (Wildman–Crippen MR) is 87.5 cm³/mol. The molecule has 2 rings (SSSR count). The summed E-state index contributed by atoms with van der Waals surface area (Å²) in [6.07, 6.45) is 0. The number of hydrogen-bond donors (Lipinski definition) is 1. The van der Waals surface area contributed by atoms with Crippen LogP contribution in [0.2, 0.25) is 0 Å². The average molecular weight is 285 g/mol. The number of nitrogens with one attached hydrogen (secondary N) is 1. The van der Waals surface area contributed by atoms with Crippen molar-refractivity contribution in [1.82, 2.24) is 0 Å². The van der Waals surface area contributed by atoms with E-state index in [1.54, 1.807) is 14.2 Å². The molecule has 2 aromatic rings. The first kappa shape index (κ1) is 15.2. The topological polar surface area (TPSA) is 30.5 Å². The highest BCUT2D eigenvalue weighted by molar-refractivity contribution is 5.55. The maximum atomic E-state index is 5.32. The minimum atomic E-state index is 0.735. The molecule has 2 aromatic carbocycles. The lowest BCUT2D eigenvalue weighted by Crippen LogP contribution is -2.03. The van der Waals surface area contributed by atoms with Crippen LogP contribution < -0.4 is 14.8 Å². The zero-order chi connectivity index (χ0) is 15.4. The molecule has 0 aliphatic carbocycles. The van der Waals surface area contributed by atoms with Crippen LogP contribution >= 0.6 is 0 Å². The molecule has 0 atom stereocenters. The number of benzene rings is 2. The molecule has 0 saturated heterocycles. The molecule has 0 aliphatic rings. The van der Waals surface area contributed by atoms with Crippen molar-refractivity contribution < 1.29 is 9.47 Å². The number of hydrogen-bond acceptors (Lipinski definition) is 3. The van der Waals surface area contributed by atoms with Crippen molar-refractivity contribution in [1.29, 1.82) is 0 Å². The van der Waals surface area contributed by atoms with E-state index in [-0.39, 0.29) is 0 Å². The number of aryl methyl sites for hydroxylation is 3. The normalized spacial score (nSPS) is 10.3. The van der Waals surface area contributed by atoms with Crippen LogP contribution in [0.1, 0.15) is 22.3 Å². The average Bonchev–Trinajstić information content (AvgIpc) is 2.49. The molecular formula is C18H23NO2. The van der Waals surface area contributed by atoms with Gasteiger partial charge in [0, 0.05) is 18.3 Å². The summed E-state index contributed by atoms with van der Waals surface area (Å²) in [7, 11) is 3.29. The van der Waals surface area contributed by atoms with Crippen LogP contribution in [0.15, 0.2) is 30.3 Å². The van der Waals surface area contributed by atoms with E-state index in [0.717, 1.165) is 23.7 Å². The molecule has 0 aromatic heterocycles. The lowest BCUT2D eigenvalue weighted by atomic mass is 10.0. The molecule has 0 radical (unpaired) electrons. The zero-order valence-electron chi connectivity index (χ0n) is 13.4. The van der Waals surface area contributed by atoms with Crippen LogP contribution in [-0.4, -0.2) is 14.2 Å². The van der Waals surface area contributed by atoms with Gasteiger partial charge in [0.25, 0.3) is 0 Å². The Morgan fingerprint density at radius 3 is 2.14 bits per heavy atom. The first-order valence-electron chi connectivity index (χ1n) is 7.07. The summed E-state index contributed by atoms with van der Waals surface area (Å²) in [5.74, 6) is 1.48. The maximum absolute atomic E-state index is 5.32. The maximum Gasteiger partial charge on any atom is 0.162 e. The largest absolute Gasteiger partial charge is 0.493 e. The fourth-order valence-electron chi connectivity index (χ4n) is 2.35. The summed E-state index contributed by atoms with van der Waals surface area (Å²) in [6.45, 7) is 7.24. The molecule has 3 nitrogen and oxygen atoms in total. The Hall–Kier alpha value is -2.16. The highest BCUT2D eigenvalue weighted by Crippen LogP contribution is 2.30. The van der Waals surface area contributed by atoms with Gasteiger partial charge in [0.05, 0.1) is 14.2 Å².